The standard InChI is InChI=1S/C15H20N2/c1-10-6-7-14-12(8-10)13(9-17(14)2)15(16)11-4-3-5-11/h6-9,11,15H,3-5,16H2,1-2H3. The van der Waals surface area contributed by atoms with Crippen LogP contribution in [0, 0.1) is 12.8 Å². The minimum Gasteiger partial charge on any atom is -0.350 e. The van der Waals surface area contributed by atoms with E-state index in [9.17, 15) is 0 Å². The Labute approximate surface area is 102 Å². The first-order valence-electron chi connectivity index (χ1n) is 6.48. The van der Waals surface area contributed by atoms with E-state index in [0.717, 1.165) is 0 Å². The molecule has 2 heteroatoms. The summed E-state index contributed by atoms with van der Waals surface area (Å²) in [6.45, 7) is 2.14. The predicted molar refractivity (Wildman–Crippen MR) is 71.9 cm³/mol. The van der Waals surface area contributed by atoms with E-state index in [1.54, 1.807) is 0 Å². The lowest BCUT2D eigenvalue weighted by molar-refractivity contribution is 0.265. The molecule has 1 fully saturated rings. The molecule has 90 valence electrons. The number of hydrogen-bond acceptors (Lipinski definition) is 1. The molecule has 0 amide bonds. The molecule has 0 saturated heterocycles. The zero-order valence-corrected chi connectivity index (χ0v) is 10.6. The minimum absolute atomic E-state index is 0.217. The van der Waals surface area contributed by atoms with E-state index in [-0.39, 0.29) is 6.04 Å². The van der Waals surface area contributed by atoms with Crippen LogP contribution in [-0.2, 0) is 7.05 Å². The van der Waals surface area contributed by atoms with Crippen molar-refractivity contribution in [2.45, 2.75) is 32.2 Å². The van der Waals surface area contributed by atoms with E-state index in [1.165, 1.54) is 41.3 Å². The molecule has 2 N–H and O–H groups in total. The van der Waals surface area contributed by atoms with Gasteiger partial charge in [-0.25, -0.2) is 0 Å². The zero-order valence-electron chi connectivity index (χ0n) is 10.6. The molecule has 1 saturated carbocycles. The van der Waals surface area contributed by atoms with Crippen molar-refractivity contribution in [2.24, 2.45) is 18.7 Å². The molecule has 0 spiro atoms. The van der Waals surface area contributed by atoms with Gasteiger partial charge in [0.15, 0.2) is 0 Å². The van der Waals surface area contributed by atoms with Gasteiger partial charge >= 0.3 is 0 Å². The van der Waals surface area contributed by atoms with Gasteiger partial charge in [-0.15, -0.1) is 0 Å². The maximum Gasteiger partial charge on any atom is 0.0481 e. The number of rotatable bonds is 2. The SMILES string of the molecule is Cc1ccc2c(c1)c(C(N)C1CCC1)cn2C. The molecule has 0 radical (unpaired) electrons. The molecule has 1 aliphatic rings. The van der Waals surface area contributed by atoms with E-state index in [4.69, 9.17) is 5.73 Å². The van der Waals surface area contributed by atoms with E-state index in [0.29, 0.717) is 5.92 Å². The lowest BCUT2D eigenvalue weighted by atomic mass is 9.77. The Hall–Kier alpha value is -1.28. The molecular weight excluding hydrogens is 208 g/mol. The lowest BCUT2D eigenvalue weighted by Gasteiger charge is -2.31. The third-order valence-corrected chi connectivity index (χ3v) is 4.19. The van der Waals surface area contributed by atoms with Gasteiger partial charge in [0.25, 0.3) is 0 Å². The average Bonchev–Trinajstić information content (AvgIpc) is 2.53. The normalized spacial score (nSPS) is 18.3. The van der Waals surface area contributed by atoms with Crippen LogP contribution < -0.4 is 5.73 Å². The molecule has 0 aliphatic heterocycles. The molecule has 1 aromatic carbocycles. The maximum absolute atomic E-state index is 6.42. The first-order chi connectivity index (χ1) is 8.16. The second-order valence-electron chi connectivity index (χ2n) is 5.43. The van der Waals surface area contributed by atoms with Gasteiger partial charge in [0.2, 0.25) is 0 Å². The van der Waals surface area contributed by atoms with E-state index in [1.807, 2.05) is 0 Å². The second kappa shape index (κ2) is 3.88. The molecule has 1 heterocycles. The van der Waals surface area contributed by atoms with Crippen LogP contribution in [0.15, 0.2) is 24.4 Å². The van der Waals surface area contributed by atoms with Gasteiger partial charge in [-0.2, -0.15) is 0 Å². The van der Waals surface area contributed by atoms with Crippen LogP contribution in [0.4, 0.5) is 0 Å². The van der Waals surface area contributed by atoms with Crippen LogP contribution in [0.1, 0.15) is 36.4 Å². The van der Waals surface area contributed by atoms with Crippen LogP contribution in [0.25, 0.3) is 10.9 Å². The molecule has 1 aromatic heterocycles. The fraction of sp³-hybridized carbons (Fsp3) is 0.467. The monoisotopic (exact) mass is 228 g/mol. The summed E-state index contributed by atoms with van der Waals surface area (Å²) in [5, 5.41) is 1.34. The third kappa shape index (κ3) is 1.67. The van der Waals surface area contributed by atoms with Crippen molar-refractivity contribution < 1.29 is 0 Å². The summed E-state index contributed by atoms with van der Waals surface area (Å²) in [6, 6.07) is 6.85. The molecule has 2 aromatic rings. The highest BCUT2D eigenvalue weighted by Gasteiger charge is 2.27. The van der Waals surface area contributed by atoms with Crippen molar-refractivity contribution in [3.63, 3.8) is 0 Å². The van der Waals surface area contributed by atoms with Crippen molar-refractivity contribution >= 4 is 10.9 Å². The number of aryl methyl sites for hydroxylation is 2. The lowest BCUT2D eigenvalue weighted by Crippen LogP contribution is -2.26. The summed E-state index contributed by atoms with van der Waals surface area (Å²) in [4.78, 5) is 0. The molecule has 2 nitrogen and oxygen atoms in total. The van der Waals surface area contributed by atoms with E-state index in [2.05, 4.69) is 42.9 Å². The van der Waals surface area contributed by atoms with Gasteiger partial charge in [0, 0.05) is 30.2 Å². The van der Waals surface area contributed by atoms with Gasteiger partial charge < -0.3 is 10.3 Å². The topological polar surface area (TPSA) is 30.9 Å². The van der Waals surface area contributed by atoms with Gasteiger partial charge in [0.1, 0.15) is 0 Å². The molecular formula is C15H20N2. The molecule has 17 heavy (non-hydrogen) atoms. The second-order valence-corrected chi connectivity index (χ2v) is 5.43. The summed E-state index contributed by atoms with van der Waals surface area (Å²) >= 11 is 0. The molecule has 0 bridgehead atoms. The Kier molecular flexibility index (Phi) is 2.48. The Bertz CT molecular complexity index is 549. The highest BCUT2D eigenvalue weighted by Crippen LogP contribution is 2.39. The fourth-order valence-electron chi connectivity index (χ4n) is 2.85. The predicted octanol–water partition coefficient (Wildman–Crippen LogP) is 3.29. The highest BCUT2D eigenvalue weighted by molar-refractivity contribution is 5.85. The van der Waals surface area contributed by atoms with Crippen LogP contribution in [0.3, 0.4) is 0 Å². The summed E-state index contributed by atoms with van der Waals surface area (Å²) in [6.07, 6.45) is 6.15. The van der Waals surface area contributed by atoms with Crippen molar-refractivity contribution in [3.8, 4) is 0 Å². The number of aromatic nitrogens is 1. The van der Waals surface area contributed by atoms with Crippen molar-refractivity contribution in [1.29, 1.82) is 0 Å². The molecule has 1 aliphatic carbocycles. The zero-order chi connectivity index (χ0) is 12.0. The minimum atomic E-state index is 0.217. The van der Waals surface area contributed by atoms with Gasteiger partial charge in [-0.1, -0.05) is 18.1 Å². The third-order valence-electron chi connectivity index (χ3n) is 4.19. The van der Waals surface area contributed by atoms with Crippen LogP contribution >= 0.6 is 0 Å². The van der Waals surface area contributed by atoms with Gasteiger partial charge in [-0.05, 0) is 43.4 Å². The molecule has 1 atom stereocenters. The summed E-state index contributed by atoms with van der Waals surface area (Å²) < 4.78 is 2.20. The first kappa shape index (κ1) is 10.8. The van der Waals surface area contributed by atoms with Crippen LogP contribution in [0.5, 0.6) is 0 Å². The number of nitrogens with zero attached hydrogens (tertiary/aromatic N) is 1. The first-order valence-corrected chi connectivity index (χ1v) is 6.48. The van der Waals surface area contributed by atoms with E-state index >= 15 is 0 Å². The maximum atomic E-state index is 6.42. The van der Waals surface area contributed by atoms with Crippen LogP contribution in [0.2, 0.25) is 0 Å². The van der Waals surface area contributed by atoms with Crippen molar-refractivity contribution in [3.05, 3.63) is 35.5 Å². The number of benzene rings is 1. The highest BCUT2D eigenvalue weighted by atomic mass is 14.9. The quantitative estimate of drug-likeness (QED) is 0.840. The summed E-state index contributed by atoms with van der Waals surface area (Å²) in [5.74, 6) is 0.695. The Balaban J connectivity index is 2.11. The number of hydrogen-bond donors (Lipinski definition) is 1. The van der Waals surface area contributed by atoms with E-state index < -0.39 is 0 Å². The summed E-state index contributed by atoms with van der Waals surface area (Å²) in [7, 11) is 2.11. The number of fused-ring (bicyclic) bond motifs is 1. The smallest absolute Gasteiger partial charge is 0.0481 e. The van der Waals surface area contributed by atoms with Crippen LogP contribution in [-0.4, -0.2) is 4.57 Å². The van der Waals surface area contributed by atoms with Gasteiger partial charge in [0.05, 0.1) is 0 Å². The Morgan fingerprint density at radius 2 is 2.12 bits per heavy atom. The van der Waals surface area contributed by atoms with Gasteiger partial charge in [-0.3, -0.25) is 0 Å². The Morgan fingerprint density at radius 3 is 2.76 bits per heavy atom. The number of nitrogens with two attached hydrogens (primary N) is 1. The van der Waals surface area contributed by atoms with Crippen molar-refractivity contribution in [2.75, 3.05) is 0 Å². The van der Waals surface area contributed by atoms with Crippen molar-refractivity contribution in [1.82, 2.24) is 4.57 Å². The molecule has 1 unspecified atom stereocenters. The fourth-order valence-corrected chi connectivity index (χ4v) is 2.85. The summed E-state index contributed by atoms with van der Waals surface area (Å²) in [5.41, 5.74) is 10.3. The molecule has 3 rings (SSSR count). The Morgan fingerprint density at radius 1 is 1.35 bits per heavy atom. The average molecular weight is 228 g/mol. The largest absolute Gasteiger partial charge is 0.350 e.